The first-order chi connectivity index (χ1) is 22.7. The molecule has 1 heterocycles. The summed E-state index contributed by atoms with van der Waals surface area (Å²) in [5.41, 5.74) is 6.89. The molecule has 4 aliphatic rings. The van der Waals surface area contributed by atoms with Gasteiger partial charge in [-0.25, -0.2) is 9.07 Å². The van der Waals surface area contributed by atoms with E-state index in [9.17, 15) is 28.7 Å². The molecular formula is C36H45FN4O6S. The fourth-order valence-corrected chi connectivity index (χ4v) is 10.6. The molecule has 0 saturated heterocycles. The molecule has 2 unspecified atom stereocenters. The van der Waals surface area contributed by atoms with Gasteiger partial charge in [-0.1, -0.05) is 39.3 Å². The molecule has 3 fully saturated rings. The second-order valence-electron chi connectivity index (χ2n) is 14.7. The lowest BCUT2D eigenvalue weighted by atomic mass is 9.44. The van der Waals surface area contributed by atoms with Crippen molar-refractivity contribution in [1.82, 2.24) is 15.1 Å². The molecule has 10 nitrogen and oxygen atoms in total. The van der Waals surface area contributed by atoms with Crippen LogP contribution in [0.5, 0.6) is 0 Å². The van der Waals surface area contributed by atoms with Crippen LogP contribution in [-0.4, -0.2) is 61.5 Å². The van der Waals surface area contributed by atoms with E-state index in [4.69, 9.17) is 15.6 Å². The van der Waals surface area contributed by atoms with Crippen LogP contribution in [0.15, 0.2) is 36.0 Å². The van der Waals surface area contributed by atoms with Crippen molar-refractivity contribution in [3.05, 3.63) is 52.9 Å². The van der Waals surface area contributed by atoms with Crippen LogP contribution in [0, 0.1) is 34.5 Å². The van der Waals surface area contributed by atoms with Crippen molar-refractivity contribution in [3.8, 4) is 5.69 Å². The number of benzene rings is 1. The zero-order valence-corrected chi connectivity index (χ0v) is 28.9. The molecule has 0 spiro atoms. The maximum Gasteiger partial charge on any atom is 0.306 e. The van der Waals surface area contributed by atoms with E-state index in [1.165, 1.54) is 12.5 Å². The average Bonchev–Trinajstić information content (AvgIpc) is 3.57. The summed E-state index contributed by atoms with van der Waals surface area (Å²) >= 11 is 0.558. The van der Waals surface area contributed by atoms with Gasteiger partial charge >= 0.3 is 5.97 Å². The number of nitrogens with two attached hydrogens (primary N) is 1. The maximum atomic E-state index is 13.6. The van der Waals surface area contributed by atoms with Crippen molar-refractivity contribution in [3.63, 3.8) is 0 Å². The van der Waals surface area contributed by atoms with Crippen molar-refractivity contribution >= 4 is 40.7 Å². The molecule has 0 aliphatic heterocycles. The second-order valence-corrected chi connectivity index (χ2v) is 15.5. The van der Waals surface area contributed by atoms with Crippen molar-refractivity contribution in [2.45, 2.75) is 90.9 Å². The molecule has 1 aromatic carbocycles. The lowest BCUT2D eigenvalue weighted by Crippen LogP contribution is -2.63. The molecule has 258 valence electrons. The highest BCUT2D eigenvalue weighted by Crippen LogP contribution is 2.69. The van der Waals surface area contributed by atoms with Gasteiger partial charge in [0, 0.05) is 17.4 Å². The highest BCUT2D eigenvalue weighted by molar-refractivity contribution is 8.13. The highest BCUT2D eigenvalue weighted by Gasteiger charge is 2.71. The summed E-state index contributed by atoms with van der Waals surface area (Å²) in [5, 5.41) is 19.0. The summed E-state index contributed by atoms with van der Waals surface area (Å²) in [6.45, 7) is 9.62. The van der Waals surface area contributed by atoms with Crippen LogP contribution < -0.4 is 11.1 Å². The van der Waals surface area contributed by atoms with Crippen LogP contribution >= 0.6 is 11.8 Å². The molecule has 0 bridgehead atoms. The molecule has 12 heteroatoms. The van der Waals surface area contributed by atoms with E-state index < -0.39 is 52.1 Å². The first kappa shape index (κ1) is 34.4. The van der Waals surface area contributed by atoms with Crippen LogP contribution in [0.25, 0.3) is 11.8 Å². The number of hydrogen-bond acceptors (Lipinski definition) is 8. The van der Waals surface area contributed by atoms with Crippen LogP contribution in [0.1, 0.15) is 88.3 Å². The van der Waals surface area contributed by atoms with Crippen LogP contribution in [0.3, 0.4) is 0 Å². The molecule has 2 amide bonds. The first-order valence-electron chi connectivity index (χ1n) is 16.8. The number of aromatic nitrogens is 2. The third-order valence-electron chi connectivity index (χ3n) is 12.1. The Kier molecular flexibility index (Phi) is 8.89. The Labute approximate surface area is 284 Å². The van der Waals surface area contributed by atoms with E-state index in [0.29, 0.717) is 42.3 Å². The molecule has 0 radical (unpaired) electrons. The lowest BCUT2D eigenvalue weighted by molar-refractivity contribution is -0.197. The molecule has 1 aromatic heterocycles. The Hall–Kier alpha value is -3.51. The Balaban J connectivity index is 1.33. The van der Waals surface area contributed by atoms with E-state index in [0.717, 1.165) is 17.7 Å². The third kappa shape index (κ3) is 5.21. The van der Waals surface area contributed by atoms with E-state index in [2.05, 4.69) is 25.2 Å². The quantitative estimate of drug-likeness (QED) is 0.338. The van der Waals surface area contributed by atoms with Crippen molar-refractivity contribution < 1.29 is 33.4 Å². The summed E-state index contributed by atoms with van der Waals surface area (Å²) in [4.78, 5) is 50.6. The number of hydrogen-bond donors (Lipinski definition) is 3. The van der Waals surface area contributed by atoms with Crippen molar-refractivity contribution in [1.29, 1.82) is 0 Å². The maximum absolute atomic E-state index is 13.6. The average molecular weight is 681 g/mol. The molecule has 4 aliphatic carbocycles. The standard InChI is InChI=1S/C36H45FN4O6S/c1-6-29(43)47-36(33(46)48-18-37)11-10-25-24-12-19(2)26-14-27-22(15-34(26,4)30(24)28(42)16-35(25,36)5)17-39-41(27)23-9-7-8-21(13-23)32(45)40-20(3)31(38)44/h7-9,13-14,17,19-20,24-25,28,30,42H,6,10-12,15-16,18H2,1-5H3,(H2,38,44)(H,40,45)/t19-,20+,24-,25-,28-,30?,34-,35-,36?/m0/s1. The summed E-state index contributed by atoms with van der Waals surface area (Å²) in [6, 6.07) is 5.34. The minimum Gasteiger partial charge on any atom is -0.449 e. The van der Waals surface area contributed by atoms with Gasteiger partial charge in [-0.2, -0.15) is 5.10 Å². The van der Waals surface area contributed by atoms with Gasteiger partial charge in [-0.05, 0) is 110 Å². The highest BCUT2D eigenvalue weighted by atomic mass is 32.2. The summed E-state index contributed by atoms with van der Waals surface area (Å²) in [7, 11) is 0. The van der Waals surface area contributed by atoms with Gasteiger partial charge in [0.1, 0.15) is 12.0 Å². The number of esters is 1. The molecule has 3 saturated carbocycles. The normalized spacial score (nSPS) is 34.1. The van der Waals surface area contributed by atoms with E-state index in [1.54, 1.807) is 25.1 Å². The van der Waals surface area contributed by atoms with Gasteiger partial charge in [0.15, 0.2) is 5.60 Å². The number of fused-ring (bicyclic) bond motifs is 6. The van der Waals surface area contributed by atoms with E-state index >= 15 is 0 Å². The second kappa shape index (κ2) is 12.4. The summed E-state index contributed by atoms with van der Waals surface area (Å²) in [6.07, 6.45) is 6.09. The van der Waals surface area contributed by atoms with E-state index in [-0.39, 0.29) is 41.9 Å². The number of thioether (sulfide) groups is 1. The predicted molar refractivity (Wildman–Crippen MR) is 179 cm³/mol. The fourth-order valence-electron chi connectivity index (χ4n) is 9.93. The Morgan fingerprint density at radius 3 is 2.71 bits per heavy atom. The number of aliphatic hydroxyl groups excluding tert-OH is 1. The van der Waals surface area contributed by atoms with E-state index in [1.807, 2.05) is 23.9 Å². The number of rotatable bonds is 8. The van der Waals surface area contributed by atoms with Crippen LogP contribution in [0.4, 0.5) is 4.39 Å². The predicted octanol–water partition coefficient (Wildman–Crippen LogP) is 4.75. The molecule has 9 atom stereocenters. The number of carbonyl (C=O) groups is 4. The summed E-state index contributed by atoms with van der Waals surface area (Å²) in [5.74, 6) is -1.39. The number of alkyl halides is 1. The molecular weight excluding hydrogens is 635 g/mol. The molecule has 6 rings (SSSR count). The Morgan fingerprint density at radius 2 is 2.02 bits per heavy atom. The minimum absolute atomic E-state index is 0.0100. The number of carbonyl (C=O) groups excluding carboxylic acids is 4. The first-order valence-corrected chi connectivity index (χ1v) is 17.8. The topological polar surface area (TPSA) is 154 Å². The van der Waals surface area contributed by atoms with Gasteiger partial charge in [-0.3, -0.25) is 19.2 Å². The largest absolute Gasteiger partial charge is 0.449 e. The number of ether oxygens (including phenoxy) is 1. The number of allylic oxidation sites excluding steroid dienone is 1. The third-order valence-corrected chi connectivity index (χ3v) is 12.8. The fraction of sp³-hybridized carbons (Fsp3) is 0.583. The zero-order chi connectivity index (χ0) is 34.8. The Morgan fingerprint density at radius 1 is 1.27 bits per heavy atom. The minimum atomic E-state index is -1.47. The molecule has 4 N–H and O–H groups in total. The van der Waals surface area contributed by atoms with Gasteiger partial charge in [0.05, 0.1) is 23.7 Å². The van der Waals surface area contributed by atoms with Gasteiger partial charge in [0.25, 0.3) is 5.91 Å². The Bertz CT molecular complexity index is 1690. The SMILES string of the molecule is CCC(=O)OC1(C(=O)SCF)CC[C@H]2[C@@H]3C[C@H](C)C4=Cc5c(cnn5-c5cccc(C(=O)N[C@H](C)C(N)=O)c5)C[C@]4(C)C3[C@@H](O)C[C@@]21C. The lowest BCUT2D eigenvalue weighted by Gasteiger charge is -2.61. The number of nitrogens with zero attached hydrogens (tertiary/aromatic N) is 2. The van der Waals surface area contributed by atoms with Gasteiger partial charge < -0.3 is 20.9 Å². The zero-order valence-electron chi connectivity index (χ0n) is 28.1. The smallest absolute Gasteiger partial charge is 0.306 e. The van der Waals surface area contributed by atoms with Gasteiger partial charge in [0.2, 0.25) is 11.0 Å². The number of aliphatic hydroxyl groups is 1. The number of primary amides is 1. The number of halogens is 1. The molecule has 2 aromatic rings. The van der Waals surface area contributed by atoms with Crippen LogP contribution in [-0.2, 0) is 25.5 Å². The monoisotopic (exact) mass is 680 g/mol. The van der Waals surface area contributed by atoms with Crippen molar-refractivity contribution in [2.24, 2.45) is 40.2 Å². The number of nitrogens with one attached hydrogen (secondary N) is 1. The van der Waals surface area contributed by atoms with Gasteiger partial charge in [-0.15, -0.1) is 0 Å². The van der Waals surface area contributed by atoms with Crippen LogP contribution in [0.2, 0.25) is 0 Å². The number of amides is 2. The van der Waals surface area contributed by atoms with Crippen molar-refractivity contribution in [2.75, 3.05) is 6.01 Å². The molecule has 48 heavy (non-hydrogen) atoms. The summed E-state index contributed by atoms with van der Waals surface area (Å²) < 4.78 is 21.4.